The molecule has 33 heavy (non-hydrogen) atoms. The standard InChI is InChI=1S/C21H21ClN4O6S/c1-32-18-15(22)9-12(20(28)29)10-16(18)23-21(33)24-19(27)14-11-13(26(30)31)5-6-17(14)25-7-3-2-4-8-25/h5-6,9-11H,2-4,7-8H2,1H3,(H,28,29)(H2,23,24,27,33). The molecule has 1 aliphatic rings. The Kier molecular flexibility index (Phi) is 7.67. The first-order chi connectivity index (χ1) is 15.7. The van der Waals surface area contributed by atoms with Gasteiger partial charge >= 0.3 is 5.97 Å². The molecule has 0 bridgehead atoms. The number of aromatic carboxylic acids is 1. The third kappa shape index (κ3) is 5.68. The van der Waals surface area contributed by atoms with Gasteiger partial charge in [-0.3, -0.25) is 20.2 Å². The lowest BCUT2D eigenvalue weighted by Crippen LogP contribution is -2.36. The average molecular weight is 493 g/mol. The Morgan fingerprint density at radius 1 is 1.21 bits per heavy atom. The smallest absolute Gasteiger partial charge is 0.335 e. The number of nitrogens with one attached hydrogen (secondary N) is 2. The minimum absolute atomic E-state index is 0.0418. The van der Waals surface area contributed by atoms with Crippen molar-refractivity contribution in [3.63, 3.8) is 0 Å². The van der Waals surface area contributed by atoms with Gasteiger partial charge in [-0.15, -0.1) is 0 Å². The molecule has 1 aliphatic heterocycles. The molecule has 174 valence electrons. The minimum atomic E-state index is -1.21. The highest BCUT2D eigenvalue weighted by Gasteiger charge is 2.23. The summed E-state index contributed by atoms with van der Waals surface area (Å²) in [7, 11) is 1.35. The quantitative estimate of drug-likeness (QED) is 0.310. The average Bonchev–Trinajstić information content (AvgIpc) is 2.78. The van der Waals surface area contributed by atoms with Crippen molar-refractivity contribution in [2.75, 3.05) is 30.4 Å². The summed E-state index contributed by atoms with van der Waals surface area (Å²) in [5.41, 5.74) is 0.502. The second-order valence-corrected chi connectivity index (χ2v) is 8.07. The van der Waals surface area contributed by atoms with E-state index in [-0.39, 0.29) is 38.4 Å². The van der Waals surface area contributed by atoms with Gasteiger partial charge in [0.2, 0.25) is 0 Å². The zero-order chi connectivity index (χ0) is 24.1. The topological polar surface area (TPSA) is 134 Å². The number of carboxylic acid groups (broad SMARTS) is 1. The van der Waals surface area contributed by atoms with Gasteiger partial charge in [-0.1, -0.05) is 11.6 Å². The van der Waals surface area contributed by atoms with Crippen LogP contribution in [0.15, 0.2) is 30.3 Å². The van der Waals surface area contributed by atoms with Crippen LogP contribution in [0.5, 0.6) is 5.75 Å². The van der Waals surface area contributed by atoms with Crippen molar-refractivity contribution in [3.05, 3.63) is 56.6 Å². The number of nitro groups is 1. The number of hydrogen-bond donors (Lipinski definition) is 3. The summed E-state index contributed by atoms with van der Waals surface area (Å²) in [6, 6.07) is 6.63. The van der Waals surface area contributed by atoms with Gasteiger partial charge in [0.25, 0.3) is 11.6 Å². The maximum absolute atomic E-state index is 13.0. The van der Waals surface area contributed by atoms with Crippen LogP contribution in [0.4, 0.5) is 17.1 Å². The fourth-order valence-electron chi connectivity index (χ4n) is 3.57. The Morgan fingerprint density at radius 3 is 2.52 bits per heavy atom. The van der Waals surface area contributed by atoms with Crippen LogP contribution in [0.25, 0.3) is 0 Å². The Bertz CT molecular complexity index is 1120. The summed E-state index contributed by atoms with van der Waals surface area (Å²) in [5.74, 6) is -1.71. The third-order valence-electron chi connectivity index (χ3n) is 5.10. The van der Waals surface area contributed by atoms with E-state index in [4.69, 9.17) is 28.6 Å². The van der Waals surface area contributed by atoms with Crippen molar-refractivity contribution in [3.8, 4) is 5.75 Å². The highest BCUT2D eigenvalue weighted by atomic mass is 35.5. The summed E-state index contributed by atoms with van der Waals surface area (Å²) >= 11 is 11.3. The van der Waals surface area contributed by atoms with Crippen LogP contribution in [0.2, 0.25) is 5.02 Å². The van der Waals surface area contributed by atoms with Crippen molar-refractivity contribution in [2.45, 2.75) is 19.3 Å². The molecule has 1 saturated heterocycles. The highest BCUT2D eigenvalue weighted by Crippen LogP contribution is 2.34. The van der Waals surface area contributed by atoms with E-state index in [0.717, 1.165) is 32.4 Å². The van der Waals surface area contributed by atoms with E-state index in [1.807, 2.05) is 4.90 Å². The second-order valence-electron chi connectivity index (χ2n) is 7.26. The SMILES string of the molecule is COc1c(Cl)cc(C(=O)O)cc1NC(=S)NC(=O)c1cc([N+](=O)[O-])ccc1N1CCCCC1. The number of benzene rings is 2. The number of anilines is 2. The minimum Gasteiger partial charge on any atom is -0.493 e. The number of nitro benzene ring substituents is 1. The third-order valence-corrected chi connectivity index (χ3v) is 5.59. The monoisotopic (exact) mass is 492 g/mol. The fourth-order valence-corrected chi connectivity index (χ4v) is 4.07. The van der Waals surface area contributed by atoms with Crippen LogP contribution >= 0.6 is 23.8 Å². The van der Waals surface area contributed by atoms with Crippen molar-refractivity contribution >= 4 is 57.9 Å². The molecular formula is C21H21ClN4O6S. The first-order valence-electron chi connectivity index (χ1n) is 9.97. The lowest BCUT2D eigenvalue weighted by molar-refractivity contribution is -0.384. The lowest BCUT2D eigenvalue weighted by atomic mass is 10.1. The lowest BCUT2D eigenvalue weighted by Gasteiger charge is -2.30. The molecule has 1 amide bonds. The van der Waals surface area contributed by atoms with E-state index in [1.54, 1.807) is 6.07 Å². The molecule has 3 rings (SSSR count). The van der Waals surface area contributed by atoms with Gasteiger partial charge in [0.05, 0.1) is 39.6 Å². The van der Waals surface area contributed by atoms with Crippen molar-refractivity contribution in [1.29, 1.82) is 0 Å². The maximum Gasteiger partial charge on any atom is 0.335 e. The number of hydrogen-bond acceptors (Lipinski definition) is 7. The summed E-state index contributed by atoms with van der Waals surface area (Å²) in [5, 5.41) is 25.6. The van der Waals surface area contributed by atoms with Crippen LogP contribution in [0, 0.1) is 10.1 Å². The van der Waals surface area contributed by atoms with Crippen LogP contribution in [0.3, 0.4) is 0 Å². The largest absolute Gasteiger partial charge is 0.493 e. The van der Waals surface area contributed by atoms with Crippen LogP contribution < -0.4 is 20.3 Å². The van der Waals surface area contributed by atoms with E-state index in [0.29, 0.717) is 5.69 Å². The summed E-state index contributed by atoms with van der Waals surface area (Å²) in [6.45, 7) is 1.47. The molecule has 12 heteroatoms. The molecule has 0 unspecified atom stereocenters. The first kappa shape index (κ1) is 24.2. The molecule has 3 N–H and O–H groups in total. The molecular weight excluding hydrogens is 472 g/mol. The number of non-ortho nitro benzene ring substituents is 1. The molecule has 0 aliphatic carbocycles. The van der Waals surface area contributed by atoms with E-state index >= 15 is 0 Å². The number of nitrogens with zero attached hydrogens (tertiary/aromatic N) is 2. The number of halogens is 1. The number of carbonyl (C=O) groups excluding carboxylic acids is 1. The maximum atomic E-state index is 13.0. The first-order valence-corrected chi connectivity index (χ1v) is 10.8. The predicted octanol–water partition coefficient (Wildman–Crippen LogP) is 4.07. The van der Waals surface area contributed by atoms with Crippen molar-refractivity contribution < 1.29 is 24.4 Å². The molecule has 0 radical (unpaired) electrons. The Morgan fingerprint density at radius 2 is 1.91 bits per heavy atom. The van der Waals surface area contributed by atoms with E-state index in [2.05, 4.69) is 10.6 Å². The molecule has 0 aromatic heterocycles. The van der Waals surface area contributed by atoms with E-state index < -0.39 is 16.8 Å². The van der Waals surface area contributed by atoms with Crippen LogP contribution in [0.1, 0.15) is 40.0 Å². The van der Waals surface area contributed by atoms with Gasteiger partial charge in [-0.2, -0.15) is 0 Å². The Hall–Kier alpha value is -3.44. The van der Waals surface area contributed by atoms with Gasteiger partial charge in [-0.25, -0.2) is 4.79 Å². The fraction of sp³-hybridized carbons (Fsp3) is 0.286. The molecule has 0 atom stereocenters. The van der Waals surface area contributed by atoms with E-state index in [1.165, 1.54) is 31.4 Å². The number of amides is 1. The highest BCUT2D eigenvalue weighted by molar-refractivity contribution is 7.80. The number of carbonyl (C=O) groups is 2. The van der Waals surface area contributed by atoms with Gasteiger partial charge in [0.1, 0.15) is 0 Å². The van der Waals surface area contributed by atoms with Gasteiger partial charge in [-0.05, 0) is 49.7 Å². The molecule has 2 aromatic carbocycles. The zero-order valence-electron chi connectivity index (χ0n) is 17.6. The van der Waals surface area contributed by atoms with Gasteiger partial charge < -0.3 is 20.1 Å². The Balaban J connectivity index is 1.86. The molecule has 1 fully saturated rings. The Labute approximate surface area is 199 Å². The number of piperidine rings is 1. The van der Waals surface area contributed by atoms with Crippen LogP contribution in [-0.2, 0) is 0 Å². The number of carboxylic acids is 1. The molecule has 1 heterocycles. The number of thiocarbonyl (C=S) groups is 1. The summed E-state index contributed by atoms with van der Waals surface area (Å²) in [6.07, 6.45) is 3.00. The van der Waals surface area contributed by atoms with Crippen LogP contribution in [-0.4, -0.2) is 47.2 Å². The molecule has 10 nitrogen and oxygen atoms in total. The molecule has 0 spiro atoms. The van der Waals surface area contributed by atoms with E-state index in [9.17, 15) is 24.8 Å². The summed E-state index contributed by atoms with van der Waals surface area (Å²) in [4.78, 5) is 37.1. The van der Waals surface area contributed by atoms with Crippen molar-refractivity contribution in [2.24, 2.45) is 0 Å². The van der Waals surface area contributed by atoms with Crippen molar-refractivity contribution in [1.82, 2.24) is 5.32 Å². The summed E-state index contributed by atoms with van der Waals surface area (Å²) < 4.78 is 5.20. The van der Waals surface area contributed by atoms with Gasteiger partial charge in [0, 0.05) is 25.2 Å². The molecule has 0 saturated carbocycles. The number of ether oxygens (including phenoxy) is 1. The second kappa shape index (κ2) is 10.5. The number of methoxy groups -OCH3 is 1. The molecule has 2 aromatic rings. The number of rotatable bonds is 6. The zero-order valence-corrected chi connectivity index (χ0v) is 19.2. The van der Waals surface area contributed by atoms with Gasteiger partial charge in [0.15, 0.2) is 10.9 Å². The normalized spacial score (nSPS) is 13.2. The predicted molar refractivity (Wildman–Crippen MR) is 128 cm³/mol.